The quantitative estimate of drug-likeness (QED) is 0.872. The van der Waals surface area contributed by atoms with Gasteiger partial charge in [0.2, 0.25) is 0 Å². The highest BCUT2D eigenvalue weighted by Gasteiger charge is 2.22. The fourth-order valence-electron chi connectivity index (χ4n) is 2.04. The van der Waals surface area contributed by atoms with E-state index in [4.69, 9.17) is 0 Å². The summed E-state index contributed by atoms with van der Waals surface area (Å²) in [6.45, 7) is 0.667. The monoisotopic (exact) mass is 300 g/mol. The third-order valence-electron chi connectivity index (χ3n) is 2.99. The summed E-state index contributed by atoms with van der Waals surface area (Å²) in [5.74, 6) is -0.133. The number of nitrogens with zero attached hydrogens (tertiary/aromatic N) is 1. The second-order valence-corrected chi connectivity index (χ2v) is 5.64. The first-order valence-electron chi connectivity index (χ1n) is 5.69. The van der Waals surface area contributed by atoms with Crippen LogP contribution in [0.25, 0.3) is 0 Å². The van der Waals surface area contributed by atoms with E-state index < -0.39 is 5.82 Å². The third kappa shape index (κ3) is 3.49. The van der Waals surface area contributed by atoms with E-state index >= 15 is 0 Å². The Morgan fingerprint density at radius 2 is 2.35 bits per heavy atom. The number of nitrogens with one attached hydrogen (secondary N) is 1. The van der Waals surface area contributed by atoms with Crippen LogP contribution >= 0.6 is 15.9 Å². The summed E-state index contributed by atoms with van der Waals surface area (Å²) < 4.78 is 12.6. The zero-order valence-electron chi connectivity index (χ0n) is 9.33. The summed E-state index contributed by atoms with van der Waals surface area (Å²) in [5, 5.41) is 2.84. The van der Waals surface area contributed by atoms with Gasteiger partial charge in [-0.1, -0.05) is 15.9 Å². The number of aromatic nitrogens is 1. The molecule has 2 rings (SSSR count). The first-order chi connectivity index (χ1) is 8.15. The molecule has 0 aromatic carbocycles. The number of halogens is 2. The minimum Gasteiger partial charge on any atom is -0.350 e. The highest BCUT2D eigenvalue weighted by atomic mass is 79.9. The molecular weight excluding hydrogens is 287 g/mol. The van der Waals surface area contributed by atoms with E-state index in [2.05, 4.69) is 26.2 Å². The highest BCUT2D eigenvalue weighted by Crippen LogP contribution is 2.29. The van der Waals surface area contributed by atoms with Gasteiger partial charge in [-0.3, -0.25) is 4.79 Å². The molecule has 3 nitrogen and oxygen atoms in total. The Morgan fingerprint density at radius 1 is 1.53 bits per heavy atom. The molecule has 0 bridgehead atoms. The van der Waals surface area contributed by atoms with Crippen molar-refractivity contribution < 1.29 is 9.18 Å². The molecule has 0 spiro atoms. The molecule has 1 amide bonds. The van der Waals surface area contributed by atoms with Crippen LogP contribution in [0.3, 0.4) is 0 Å². The summed E-state index contributed by atoms with van der Waals surface area (Å²) in [4.78, 5) is 16.0. The second kappa shape index (κ2) is 5.58. The fourth-order valence-corrected chi connectivity index (χ4v) is 2.83. The standard InChI is InChI=1S/C12H14BrFN2O/c13-9-2-1-8(5-9)6-16-12(17)11-4-3-10(14)7-15-11/h3-4,7-9H,1-2,5-6H2,(H,16,17). The molecule has 17 heavy (non-hydrogen) atoms. The van der Waals surface area contributed by atoms with Crippen molar-refractivity contribution in [1.82, 2.24) is 10.3 Å². The molecule has 1 saturated carbocycles. The van der Waals surface area contributed by atoms with Gasteiger partial charge in [-0.15, -0.1) is 0 Å². The van der Waals surface area contributed by atoms with Crippen LogP contribution in [0.15, 0.2) is 18.3 Å². The Hall–Kier alpha value is -0.970. The predicted molar refractivity (Wildman–Crippen MR) is 66.6 cm³/mol. The molecule has 0 aliphatic heterocycles. The summed E-state index contributed by atoms with van der Waals surface area (Å²) >= 11 is 3.57. The van der Waals surface area contributed by atoms with Crippen molar-refractivity contribution in [1.29, 1.82) is 0 Å². The molecule has 1 aliphatic rings. The van der Waals surface area contributed by atoms with Crippen LogP contribution in [0.4, 0.5) is 4.39 Å². The van der Waals surface area contributed by atoms with Crippen LogP contribution < -0.4 is 5.32 Å². The minimum absolute atomic E-state index is 0.233. The van der Waals surface area contributed by atoms with Gasteiger partial charge in [0.25, 0.3) is 5.91 Å². The Bertz CT molecular complexity index is 396. The lowest BCUT2D eigenvalue weighted by molar-refractivity contribution is 0.0942. The highest BCUT2D eigenvalue weighted by molar-refractivity contribution is 9.09. The van der Waals surface area contributed by atoms with Crippen LogP contribution in [-0.2, 0) is 0 Å². The van der Waals surface area contributed by atoms with E-state index in [1.807, 2.05) is 0 Å². The molecule has 1 aliphatic carbocycles. The van der Waals surface area contributed by atoms with Crippen molar-refractivity contribution in [2.24, 2.45) is 5.92 Å². The summed E-state index contributed by atoms with van der Waals surface area (Å²) in [5.41, 5.74) is 0.264. The number of pyridine rings is 1. The molecule has 1 N–H and O–H groups in total. The number of amides is 1. The molecule has 92 valence electrons. The van der Waals surface area contributed by atoms with Gasteiger partial charge in [0.15, 0.2) is 0 Å². The van der Waals surface area contributed by atoms with E-state index in [1.165, 1.54) is 12.1 Å². The van der Waals surface area contributed by atoms with E-state index in [0.29, 0.717) is 17.3 Å². The number of carbonyl (C=O) groups excluding carboxylic acids is 1. The van der Waals surface area contributed by atoms with E-state index in [0.717, 1.165) is 25.5 Å². The first-order valence-corrected chi connectivity index (χ1v) is 6.60. The summed E-state index contributed by atoms with van der Waals surface area (Å²) in [7, 11) is 0. The van der Waals surface area contributed by atoms with E-state index in [-0.39, 0.29) is 11.6 Å². The molecule has 0 radical (unpaired) electrons. The zero-order valence-corrected chi connectivity index (χ0v) is 10.9. The molecule has 1 fully saturated rings. The van der Waals surface area contributed by atoms with Gasteiger partial charge in [0.05, 0.1) is 6.20 Å². The number of hydrogen-bond acceptors (Lipinski definition) is 2. The zero-order chi connectivity index (χ0) is 12.3. The third-order valence-corrected chi connectivity index (χ3v) is 3.82. The average Bonchev–Trinajstić information content (AvgIpc) is 2.73. The molecule has 2 unspecified atom stereocenters. The molecule has 0 saturated heterocycles. The first kappa shape index (κ1) is 12.5. The van der Waals surface area contributed by atoms with Crippen LogP contribution in [-0.4, -0.2) is 22.3 Å². The Labute approximate surface area is 108 Å². The lowest BCUT2D eigenvalue weighted by Crippen LogP contribution is -2.29. The summed E-state index contributed by atoms with van der Waals surface area (Å²) in [6.07, 6.45) is 4.44. The van der Waals surface area contributed by atoms with Crippen LogP contribution in [0.5, 0.6) is 0 Å². The lowest BCUT2D eigenvalue weighted by atomic mass is 10.1. The van der Waals surface area contributed by atoms with Crippen molar-refractivity contribution in [3.8, 4) is 0 Å². The van der Waals surface area contributed by atoms with Gasteiger partial charge in [0, 0.05) is 11.4 Å². The van der Waals surface area contributed by atoms with Crippen LogP contribution in [0.1, 0.15) is 29.8 Å². The summed E-state index contributed by atoms with van der Waals surface area (Å²) in [6, 6.07) is 2.64. The van der Waals surface area contributed by atoms with Gasteiger partial charge in [-0.25, -0.2) is 9.37 Å². The van der Waals surface area contributed by atoms with Crippen LogP contribution in [0, 0.1) is 11.7 Å². The average molecular weight is 301 g/mol. The van der Waals surface area contributed by atoms with Crippen molar-refractivity contribution in [2.45, 2.75) is 24.1 Å². The van der Waals surface area contributed by atoms with Crippen molar-refractivity contribution in [3.05, 3.63) is 29.8 Å². The van der Waals surface area contributed by atoms with Crippen LogP contribution in [0.2, 0.25) is 0 Å². The molecular formula is C12H14BrFN2O. The number of carbonyl (C=O) groups is 1. The molecule has 1 aromatic heterocycles. The Kier molecular flexibility index (Phi) is 4.10. The maximum Gasteiger partial charge on any atom is 0.269 e. The topological polar surface area (TPSA) is 42.0 Å². The van der Waals surface area contributed by atoms with E-state index in [9.17, 15) is 9.18 Å². The molecule has 2 atom stereocenters. The van der Waals surface area contributed by atoms with Crippen molar-refractivity contribution in [3.63, 3.8) is 0 Å². The van der Waals surface area contributed by atoms with Gasteiger partial charge in [-0.2, -0.15) is 0 Å². The Balaban J connectivity index is 1.83. The largest absolute Gasteiger partial charge is 0.350 e. The fraction of sp³-hybridized carbons (Fsp3) is 0.500. The molecule has 5 heteroatoms. The lowest BCUT2D eigenvalue weighted by Gasteiger charge is -2.10. The van der Waals surface area contributed by atoms with Gasteiger partial charge in [0.1, 0.15) is 11.5 Å². The number of hydrogen-bond donors (Lipinski definition) is 1. The SMILES string of the molecule is O=C(NCC1CCC(Br)C1)c1ccc(F)cn1. The maximum absolute atomic E-state index is 12.6. The molecule has 1 heterocycles. The van der Waals surface area contributed by atoms with Crippen molar-refractivity contribution >= 4 is 21.8 Å². The molecule has 1 aromatic rings. The van der Waals surface area contributed by atoms with Gasteiger partial charge >= 0.3 is 0 Å². The number of rotatable bonds is 3. The van der Waals surface area contributed by atoms with Crippen molar-refractivity contribution in [2.75, 3.05) is 6.54 Å². The van der Waals surface area contributed by atoms with Gasteiger partial charge < -0.3 is 5.32 Å². The smallest absolute Gasteiger partial charge is 0.269 e. The predicted octanol–water partition coefficient (Wildman–Crippen LogP) is 2.51. The second-order valence-electron chi connectivity index (χ2n) is 4.35. The van der Waals surface area contributed by atoms with Gasteiger partial charge in [-0.05, 0) is 37.3 Å². The minimum atomic E-state index is -0.431. The number of alkyl halides is 1. The maximum atomic E-state index is 12.6. The van der Waals surface area contributed by atoms with E-state index in [1.54, 1.807) is 0 Å². The Morgan fingerprint density at radius 3 is 2.94 bits per heavy atom. The normalized spacial score (nSPS) is 23.6.